The van der Waals surface area contributed by atoms with Crippen LogP contribution in [0.3, 0.4) is 0 Å². The zero-order chi connectivity index (χ0) is 15.7. The van der Waals surface area contributed by atoms with Crippen molar-refractivity contribution in [3.8, 4) is 0 Å². The van der Waals surface area contributed by atoms with Crippen LogP contribution in [0.5, 0.6) is 0 Å². The van der Waals surface area contributed by atoms with Crippen LogP contribution in [0.1, 0.15) is 53.4 Å². The number of hydrogen-bond acceptors (Lipinski definition) is 5. The number of halogens is 1. The van der Waals surface area contributed by atoms with E-state index in [1.54, 1.807) is 0 Å². The maximum Gasteiger partial charge on any atom is 0.231 e. The van der Waals surface area contributed by atoms with Crippen LogP contribution in [0.4, 0.5) is 11.9 Å². The van der Waals surface area contributed by atoms with E-state index in [1.807, 2.05) is 0 Å². The van der Waals surface area contributed by atoms with Gasteiger partial charge in [-0.1, -0.05) is 33.1 Å². The summed E-state index contributed by atoms with van der Waals surface area (Å²) in [6, 6.07) is 0. The number of rotatable bonds is 10. The van der Waals surface area contributed by atoms with Gasteiger partial charge < -0.3 is 10.2 Å². The normalized spacial score (nSPS) is 12.2. The summed E-state index contributed by atoms with van der Waals surface area (Å²) in [7, 11) is 0. The molecule has 0 saturated heterocycles. The third-order valence-corrected chi connectivity index (χ3v) is 3.90. The number of unbranched alkanes of at least 4 members (excludes halogenated alkanes) is 1. The highest BCUT2D eigenvalue weighted by Gasteiger charge is 2.11. The van der Waals surface area contributed by atoms with Gasteiger partial charge in [-0.3, -0.25) is 0 Å². The predicted octanol–water partition coefficient (Wildman–Crippen LogP) is 4.00. The highest BCUT2D eigenvalue weighted by Crippen LogP contribution is 2.16. The molecule has 1 heterocycles. The summed E-state index contributed by atoms with van der Waals surface area (Å²) in [5.74, 6) is 1.87. The SMILES string of the molecule is CCCCC(CC)CNc1nc(Cl)nc(N(CC)CC)n1. The van der Waals surface area contributed by atoms with Crippen molar-refractivity contribution in [1.82, 2.24) is 15.0 Å². The van der Waals surface area contributed by atoms with Crippen molar-refractivity contribution in [1.29, 1.82) is 0 Å². The van der Waals surface area contributed by atoms with Crippen LogP contribution in [0.25, 0.3) is 0 Å². The average Bonchev–Trinajstić information content (AvgIpc) is 2.48. The van der Waals surface area contributed by atoms with Crippen LogP contribution in [-0.2, 0) is 0 Å². The van der Waals surface area contributed by atoms with Gasteiger partial charge in [0.15, 0.2) is 0 Å². The maximum absolute atomic E-state index is 6.01. The molecule has 0 saturated carbocycles. The molecule has 0 bridgehead atoms. The van der Waals surface area contributed by atoms with Crippen molar-refractivity contribution in [2.24, 2.45) is 5.92 Å². The first kappa shape index (κ1) is 18.0. The van der Waals surface area contributed by atoms with E-state index >= 15 is 0 Å². The third kappa shape index (κ3) is 6.04. The van der Waals surface area contributed by atoms with E-state index in [2.05, 4.69) is 52.9 Å². The van der Waals surface area contributed by atoms with Gasteiger partial charge in [-0.15, -0.1) is 0 Å². The van der Waals surface area contributed by atoms with Gasteiger partial charge in [0.05, 0.1) is 0 Å². The molecular formula is C15H28ClN5. The van der Waals surface area contributed by atoms with Crippen LogP contribution in [0, 0.1) is 5.92 Å². The van der Waals surface area contributed by atoms with Gasteiger partial charge >= 0.3 is 0 Å². The summed E-state index contributed by atoms with van der Waals surface area (Å²) in [4.78, 5) is 14.9. The molecule has 0 amide bonds. The summed E-state index contributed by atoms with van der Waals surface area (Å²) in [5, 5.41) is 3.56. The summed E-state index contributed by atoms with van der Waals surface area (Å²) in [6.07, 6.45) is 4.90. The predicted molar refractivity (Wildman–Crippen MR) is 90.2 cm³/mol. The standard InChI is InChI=1S/C15H28ClN5/c1-5-9-10-12(6-2)11-17-14-18-13(16)19-15(20-14)21(7-3)8-4/h12H,5-11H2,1-4H3,(H,17,18,19,20). The van der Waals surface area contributed by atoms with E-state index in [-0.39, 0.29) is 5.28 Å². The average molecular weight is 314 g/mol. The van der Waals surface area contributed by atoms with Crippen LogP contribution < -0.4 is 10.2 Å². The van der Waals surface area contributed by atoms with Crippen LogP contribution >= 0.6 is 11.6 Å². The lowest BCUT2D eigenvalue weighted by molar-refractivity contribution is 0.471. The lowest BCUT2D eigenvalue weighted by atomic mass is 9.99. The number of anilines is 2. The van der Waals surface area contributed by atoms with E-state index in [9.17, 15) is 0 Å². The molecule has 1 unspecified atom stereocenters. The Morgan fingerprint density at radius 3 is 2.38 bits per heavy atom. The number of hydrogen-bond donors (Lipinski definition) is 1. The van der Waals surface area contributed by atoms with Crippen LogP contribution in [-0.4, -0.2) is 34.6 Å². The molecule has 0 aliphatic heterocycles. The van der Waals surface area contributed by atoms with Crippen molar-refractivity contribution >= 4 is 23.5 Å². The molecule has 0 aliphatic carbocycles. The molecule has 21 heavy (non-hydrogen) atoms. The first-order valence-electron chi connectivity index (χ1n) is 8.04. The van der Waals surface area contributed by atoms with Crippen molar-refractivity contribution < 1.29 is 0 Å². The fraction of sp³-hybridized carbons (Fsp3) is 0.800. The molecule has 0 spiro atoms. The molecule has 120 valence electrons. The summed E-state index contributed by atoms with van der Waals surface area (Å²) >= 11 is 6.01. The van der Waals surface area contributed by atoms with Crippen molar-refractivity contribution in [2.45, 2.75) is 53.4 Å². The molecule has 1 aromatic heterocycles. The zero-order valence-electron chi connectivity index (χ0n) is 13.7. The molecule has 0 radical (unpaired) electrons. The van der Waals surface area contributed by atoms with Crippen molar-refractivity contribution in [3.05, 3.63) is 5.28 Å². The highest BCUT2D eigenvalue weighted by atomic mass is 35.5. The largest absolute Gasteiger partial charge is 0.354 e. The Hall–Kier alpha value is -1.10. The maximum atomic E-state index is 6.01. The fourth-order valence-corrected chi connectivity index (χ4v) is 2.40. The van der Waals surface area contributed by atoms with Gasteiger partial charge in [0.25, 0.3) is 0 Å². The molecule has 1 aromatic rings. The van der Waals surface area contributed by atoms with Gasteiger partial charge in [0.1, 0.15) is 0 Å². The Kier molecular flexibility index (Phi) is 8.35. The number of nitrogens with zero attached hydrogens (tertiary/aromatic N) is 4. The van der Waals surface area contributed by atoms with Gasteiger partial charge in [-0.2, -0.15) is 15.0 Å². The first-order chi connectivity index (χ1) is 10.1. The first-order valence-corrected chi connectivity index (χ1v) is 8.42. The molecule has 5 nitrogen and oxygen atoms in total. The Balaban J connectivity index is 2.70. The quantitative estimate of drug-likeness (QED) is 0.707. The van der Waals surface area contributed by atoms with E-state index < -0.39 is 0 Å². The van der Waals surface area contributed by atoms with Gasteiger partial charge in [-0.05, 0) is 37.8 Å². The second-order valence-corrected chi connectivity index (χ2v) is 5.54. The molecule has 1 atom stereocenters. The number of aromatic nitrogens is 3. The Morgan fingerprint density at radius 2 is 1.81 bits per heavy atom. The van der Waals surface area contributed by atoms with E-state index in [4.69, 9.17) is 11.6 Å². The lowest BCUT2D eigenvalue weighted by Crippen LogP contribution is -2.25. The van der Waals surface area contributed by atoms with Gasteiger partial charge in [-0.25, -0.2) is 0 Å². The van der Waals surface area contributed by atoms with E-state index in [0.717, 1.165) is 26.1 Å². The van der Waals surface area contributed by atoms with E-state index in [0.29, 0.717) is 17.8 Å². The zero-order valence-corrected chi connectivity index (χ0v) is 14.4. The second kappa shape index (κ2) is 9.77. The molecule has 0 aliphatic rings. The van der Waals surface area contributed by atoms with Crippen LogP contribution in [0.15, 0.2) is 0 Å². The minimum atomic E-state index is 0.246. The van der Waals surface area contributed by atoms with Gasteiger partial charge in [0.2, 0.25) is 17.2 Å². The van der Waals surface area contributed by atoms with Gasteiger partial charge in [0, 0.05) is 19.6 Å². The third-order valence-electron chi connectivity index (χ3n) is 3.73. The van der Waals surface area contributed by atoms with Crippen molar-refractivity contribution in [2.75, 3.05) is 29.9 Å². The Bertz CT molecular complexity index is 409. The van der Waals surface area contributed by atoms with Crippen LogP contribution in [0.2, 0.25) is 5.28 Å². The van der Waals surface area contributed by atoms with Crippen molar-refractivity contribution in [3.63, 3.8) is 0 Å². The topological polar surface area (TPSA) is 53.9 Å². The Morgan fingerprint density at radius 1 is 1.10 bits per heavy atom. The smallest absolute Gasteiger partial charge is 0.231 e. The Labute approximate surface area is 133 Å². The minimum Gasteiger partial charge on any atom is -0.354 e. The lowest BCUT2D eigenvalue weighted by Gasteiger charge is -2.19. The molecule has 1 N–H and O–H groups in total. The monoisotopic (exact) mass is 313 g/mol. The number of nitrogens with one attached hydrogen (secondary N) is 1. The molecule has 0 aromatic carbocycles. The fourth-order valence-electron chi connectivity index (χ4n) is 2.25. The highest BCUT2D eigenvalue weighted by molar-refractivity contribution is 6.28. The van der Waals surface area contributed by atoms with E-state index in [1.165, 1.54) is 19.3 Å². The molecular weight excluding hydrogens is 286 g/mol. The molecule has 1 rings (SSSR count). The summed E-state index contributed by atoms with van der Waals surface area (Å²) in [5.41, 5.74) is 0. The molecule has 6 heteroatoms. The summed E-state index contributed by atoms with van der Waals surface area (Å²) in [6.45, 7) is 11.2. The summed E-state index contributed by atoms with van der Waals surface area (Å²) < 4.78 is 0. The second-order valence-electron chi connectivity index (χ2n) is 5.20. The molecule has 0 fully saturated rings. The minimum absolute atomic E-state index is 0.246.